The van der Waals surface area contributed by atoms with E-state index in [2.05, 4.69) is 35.0 Å². The molecule has 3 heteroatoms. The molecular formula is C8H8Br2Zn-. The van der Waals surface area contributed by atoms with E-state index in [1.165, 1.54) is 5.56 Å². The molecule has 0 atom stereocenters. The minimum Gasteiger partial charge on any atom is -1.00 e. The van der Waals surface area contributed by atoms with Gasteiger partial charge in [0.15, 0.2) is 0 Å². The van der Waals surface area contributed by atoms with Crippen LogP contribution in [0.2, 0.25) is 0 Å². The maximum Gasteiger partial charge on any atom is 0.0177 e. The molecule has 0 saturated carbocycles. The Morgan fingerprint density at radius 1 is 1.36 bits per heavy atom. The van der Waals surface area contributed by atoms with E-state index in [0.29, 0.717) is 0 Å². The average molecular weight is 329 g/mol. The van der Waals surface area contributed by atoms with Crippen LogP contribution in [0.3, 0.4) is 0 Å². The van der Waals surface area contributed by atoms with E-state index < -0.39 is 0 Å². The SMILES string of the molecule is [Br-].[CH2]Cc1cccc(Br)c1.[Zn]. The Morgan fingerprint density at radius 3 is 2.36 bits per heavy atom. The summed E-state index contributed by atoms with van der Waals surface area (Å²) >= 11 is 3.38. The van der Waals surface area contributed by atoms with Gasteiger partial charge >= 0.3 is 0 Å². The zero-order chi connectivity index (χ0) is 6.69. The van der Waals surface area contributed by atoms with Gasteiger partial charge < -0.3 is 17.0 Å². The van der Waals surface area contributed by atoms with E-state index in [4.69, 9.17) is 0 Å². The summed E-state index contributed by atoms with van der Waals surface area (Å²) in [5.41, 5.74) is 1.27. The smallest absolute Gasteiger partial charge is 0.0177 e. The van der Waals surface area contributed by atoms with Crippen LogP contribution in [0.1, 0.15) is 5.56 Å². The zero-order valence-corrected chi connectivity index (χ0v) is 12.3. The number of hydrogen-bond acceptors (Lipinski definition) is 0. The van der Waals surface area contributed by atoms with Gasteiger partial charge in [-0.25, -0.2) is 0 Å². The van der Waals surface area contributed by atoms with Crippen molar-refractivity contribution in [2.24, 2.45) is 0 Å². The molecule has 0 aliphatic rings. The molecule has 0 aliphatic heterocycles. The first-order valence-corrected chi connectivity index (χ1v) is 3.66. The van der Waals surface area contributed by atoms with Crippen molar-refractivity contribution >= 4 is 15.9 Å². The largest absolute Gasteiger partial charge is 1.00 e. The molecular weight excluding hydrogens is 321 g/mol. The third-order valence-electron chi connectivity index (χ3n) is 1.18. The summed E-state index contributed by atoms with van der Waals surface area (Å²) < 4.78 is 1.13. The van der Waals surface area contributed by atoms with Crippen LogP contribution < -0.4 is 17.0 Å². The normalized spacial score (nSPS) is 7.82. The third-order valence-corrected chi connectivity index (χ3v) is 1.67. The van der Waals surface area contributed by atoms with Crippen LogP contribution in [0.15, 0.2) is 28.7 Å². The van der Waals surface area contributed by atoms with E-state index in [0.717, 1.165) is 10.9 Å². The van der Waals surface area contributed by atoms with Gasteiger partial charge in [0.1, 0.15) is 0 Å². The molecule has 0 heterocycles. The monoisotopic (exact) mass is 326 g/mol. The van der Waals surface area contributed by atoms with Crippen LogP contribution in [0.4, 0.5) is 0 Å². The Hall–Kier alpha value is 0.803. The minimum atomic E-state index is 0. The van der Waals surface area contributed by atoms with Crippen LogP contribution in [-0.4, -0.2) is 0 Å². The van der Waals surface area contributed by atoms with E-state index in [-0.39, 0.29) is 36.5 Å². The summed E-state index contributed by atoms with van der Waals surface area (Å²) in [6, 6.07) is 8.18. The second kappa shape index (κ2) is 7.45. The zero-order valence-electron chi connectivity index (χ0n) is 6.19. The topological polar surface area (TPSA) is 0 Å². The molecule has 0 nitrogen and oxygen atoms in total. The number of rotatable bonds is 1. The van der Waals surface area contributed by atoms with Gasteiger partial charge in [-0.15, -0.1) is 0 Å². The molecule has 0 aromatic heterocycles. The minimum absolute atomic E-state index is 0. The van der Waals surface area contributed by atoms with Crippen LogP contribution >= 0.6 is 15.9 Å². The van der Waals surface area contributed by atoms with Gasteiger partial charge in [-0.3, -0.25) is 0 Å². The molecule has 0 N–H and O–H groups in total. The van der Waals surface area contributed by atoms with Gasteiger partial charge in [-0.1, -0.05) is 28.1 Å². The van der Waals surface area contributed by atoms with E-state index >= 15 is 0 Å². The van der Waals surface area contributed by atoms with Crippen molar-refractivity contribution in [1.82, 2.24) is 0 Å². The third kappa shape index (κ3) is 5.11. The molecule has 11 heavy (non-hydrogen) atoms. The molecule has 0 saturated heterocycles. The molecule has 1 radical (unpaired) electrons. The van der Waals surface area contributed by atoms with Crippen molar-refractivity contribution in [3.8, 4) is 0 Å². The molecule has 1 aromatic carbocycles. The van der Waals surface area contributed by atoms with Crippen LogP contribution in [0.25, 0.3) is 0 Å². The second-order valence-electron chi connectivity index (χ2n) is 1.88. The number of benzene rings is 1. The first-order valence-electron chi connectivity index (χ1n) is 2.86. The quantitative estimate of drug-likeness (QED) is 0.628. The van der Waals surface area contributed by atoms with Gasteiger partial charge in [-0.05, 0) is 31.0 Å². The van der Waals surface area contributed by atoms with Crippen molar-refractivity contribution in [2.75, 3.05) is 0 Å². The summed E-state index contributed by atoms with van der Waals surface area (Å²) in [6.07, 6.45) is 0.861. The second-order valence-corrected chi connectivity index (χ2v) is 2.80. The van der Waals surface area contributed by atoms with Gasteiger partial charge in [0.05, 0.1) is 0 Å². The van der Waals surface area contributed by atoms with Crippen molar-refractivity contribution in [2.45, 2.75) is 6.42 Å². The van der Waals surface area contributed by atoms with Crippen molar-refractivity contribution in [3.63, 3.8) is 0 Å². The molecule has 0 aliphatic carbocycles. The van der Waals surface area contributed by atoms with E-state index in [1.54, 1.807) is 0 Å². The molecule has 1 aromatic rings. The fraction of sp³-hybridized carbons (Fsp3) is 0.125. The summed E-state index contributed by atoms with van der Waals surface area (Å²) in [4.78, 5) is 0. The summed E-state index contributed by atoms with van der Waals surface area (Å²) in [5.74, 6) is 0. The predicted octanol–water partition coefficient (Wildman–Crippen LogP) is -0.173. The predicted molar refractivity (Wildman–Crippen MR) is 43.2 cm³/mol. The van der Waals surface area contributed by atoms with Gasteiger partial charge in [0.25, 0.3) is 0 Å². The maximum atomic E-state index is 3.78. The first-order chi connectivity index (χ1) is 4.33. The Balaban J connectivity index is 0. The maximum absolute atomic E-state index is 3.78. The standard InChI is InChI=1S/C8H8Br.BrH.Zn/c1-2-7-4-3-5-8(9)6-7;;/h3-6H,1-2H2;1H;/p-1. The molecule has 0 bridgehead atoms. The fourth-order valence-electron chi connectivity index (χ4n) is 0.692. The number of hydrogen-bond donors (Lipinski definition) is 0. The Kier molecular flexibility index (Phi) is 9.71. The van der Waals surface area contributed by atoms with Crippen LogP contribution in [0.5, 0.6) is 0 Å². The Bertz CT molecular complexity index is 201. The summed E-state index contributed by atoms with van der Waals surface area (Å²) in [6.45, 7) is 3.78. The van der Waals surface area contributed by atoms with E-state index in [9.17, 15) is 0 Å². The van der Waals surface area contributed by atoms with Gasteiger partial charge in [-0.2, -0.15) is 0 Å². The van der Waals surface area contributed by atoms with Crippen molar-refractivity contribution < 1.29 is 36.5 Å². The average Bonchev–Trinajstić information content (AvgIpc) is 1.88. The molecule has 0 unspecified atom stereocenters. The molecule has 1 rings (SSSR count). The first kappa shape index (κ1) is 14.3. The Morgan fingerprint density at radius 2 is 2.00 bits per heavy atom. The van der Waals surface area contributed by atoms with Crippen molar-refractivity contribution in [1.29, 1.82) is 0 Å². The summed E-state index contributed by atoms with van der Waals surface area (Å²) in [7, 11) is 0. The molecule has 0 spiro atoms. The molecule has 0 fully saturated rings. The van der Waals surface area contributed by atoms with Gasteiger partial charge in [0, 0.05) is 24.0 Å². The number of halogens is 2. The summed E-state index contributed by atoms with van der Waals surface area (Å²) in [5, 5.41) is 0. The molecule has 0 amide bonds. The van der Waals surface area contributed by atoms with Crippen LogP contribution in [0, 0.1) is 6.92 Å². The van der Waals surface area contributed by atoms with Gasteiger partial charge in [0.2, 0.25) is 0 Å². The van der Waals surface area contributed by atoms with Crippen molar-refractivity contribution in [3.05, 3.63) is 41.2 Å². The molecule has 57 valence electrons. The van der Waals surface area contributed by atoms with E-state index in [1.807, 2.05) is 12.1 Å². The van der Waals surface area contributed by atoms with Crippen LogP contribution in [-0.2, 0) is 25.9 Å². The Labute approximate surface area is 99.4 Å². The fourth-order valence-corrected chi connectivity index (χ4v) is 1.14.